The first-order valence-electron chi connectivity index (χ1n) is 11.3. The molecule has 8 nitrogen and oxygen atoms in total. The number of hydrogen-bond donors (Lipinski definition) is 2. The largest absolute Gasteiger partial charge is 0.444 e. The van der Waals surface area contributed by atoms with Gasteiger partial charge in [-0.05, 0) is 53.6 Å². The SMILES string of the molecule is CCNC(=NCCCCN1CCN(CC)CC1)NC1CN(C(=O)OC(C)(C)C)C1. The fourth-order valence-corrected chi connectivity index (χ4v) is 3.53. The molecule has 0 aliphatic carbocycles. The number of ether oxygens (including phenoxy) is 1. The topological polar surface area (TPSA) is 72.4 Å². The Morgan fingerprint density at radius 2 is 1.72 bits per heavy atom. The third-order valence-corrected chi connectivity index (χ3v) is 5.28. The Hall–Kier alpha value is -1.54. The average molecular weight is 411 g/mol. The molecule has 0 bridgehead atoms. The molecule has 2 rings (SSSR count). The van der Waals surface area contributed by atoms with Crippen LogP contribution in [0.3, 0.4) is 0 Å². The summed E-state index contributed by atoms with van der Waals surface area (Å²) in [5, 5.41) is 6.73. The fraction of sp³-hybridized carbons (Fsp3) is 0.905. The van der Waals surface area contributed by atoms with Crippen molar-refractivity contribution in [3.63, 3.8) is 0 Å². The number of unbranched alkanes of at least 4 members (excludes halogenated alkanes) is 1. The molecule has 8 heteroatoms. The molecule has 0 aromatic carbocycles. The smallest absolute Gasteiger partial charge is 0.410 e. The Morgan fingerprint density at radius 3 is 2.31 bits per heavy atom. The van der Waals surface area contributed by atoms with Gasteiger partial charge in [-0.3, -0.25) is 4.99 Å². The molecular formula is C21H42N6O2. The van der Waals surface area contributed by atoms with E-state index in [1.54, 1.807) is 4.90 Å². The highest BCUT2D eigenvalue weighted by Gasteiger charge is 2.34. The van der Waals surface area contributed by atoms with Gasteiger partial charge in [0, 0.05) is 52.4 Å². The molecule has 0 spiro atoms. The van der Waals surface area contributed by atoms with E-state index < -0.39 is 5.60 Å². The van der Waals surface area contributed by atoms with Crippen LogP contribution in [0.2, 0.25) is 0 Å². The Kier molecular flexibility index (Phi) is 9.49. The van der Waals surface area contributed by atoms with Gasteiger partial charge in [0.05, 0.1) is 6.04 Å². The number of hydrogen-bond acceptors (Lipinski definition) is 5. The number of carbonyl (C=O) groups is 1. The van der Waals surface area contributed by atoms with Crippen LogP contribution in [0.1, 0.15) is 47.5 Å². The lowest BCUT2D eigenvalue weighted by Gasteiger charge is -2.40. The molecule has 2 aliphatic heterocycles. The Labute approximate surface area is 177 Å². The van der Waals surface area contributed by atoms with Gasteiger partial charge in [0.1, 0.15) is 5.60 Å². The van der Waals surface area contributed by atoms with Gasteiger partial charge < -0.3 is 30.1 Å². The standard InChI is InChI=1S/C21H42N6O2/c1-6-22-19(24-18-16-27(17-18)20(28)29-21(3,4)5)23-10-8-9-11-26-14-12-25(7-2)13-15-26/h18H,6-17H2,1-5H3,(H2,22,23,24). The molecule has 0 aromatic heterocycles. The number of carbonyl (C=O) groups excluding carboxylic acids is 1. The normalized spacial score (nSPS) is 19.8. The zero-order valence-corrected chi connectivity index (χ0v) is 19.2. The summed E-state index contributed by atoms with van der Waals surface area (Å²) < 4.78 is 5.40. The molecule has 0 radical (unpaired) electrons. The zero-order chi connectivity index (χ0) is 21.3. The lowest BCUT2D eigenvalue weighted by molar-refractivity contribution is 0.00701. The Balaban J connectivity index is 1.61. The van der Waals surface area contributed by atoms with Gasteiger partial charge in [0.2, 0.25) is 0 Å². The number of aliphatic imine (C=N–C) groups is 1. The quantitative estimate of drug-likeness (QED) is 0.360. The average Bonchev–Trinajstić information content (AvgIpc) is 2.62. The van der Waals surface area contributed by atoms with Crippen LogP contribution in [0.25, 0.3) is 0 Å². The first-order valence-corrected chi connectivity index (χ1v) is 11.3. The maximum absolute atomic E-state index is 12.0. The number of likely N-dealkylation sites (N-methyl/N-ethyl adjacent to an activating group) is 1. The number of likely N-dealkylation sites (tertiary alicyclic amines) is 1. The summed E-state index contributed by atoms with van der Waals surface area (Å²) in [7, 11) is 0. The highest BCUT2D eigenvalue weighted by Crippen LogP contribution is 2.15. The number of rotatable bonds is 8. The summed E-state index contributed by atoms with van der Waals surface area (Å²) in [5.41, 5.74) is -0.449. The van der Waals surface area contributed by atoms with Gasteiger partial charge in [-0.15, -0.1) is 0 Å². The van der Waals surface area contributed by atoms with Crippen molar-refractivity contribution in [2.75, 3.05) is 65.4 Å². The molecule has 0 atom stereocenters. The number of piperazine rings is 1. The minimum atomic E-state index is -0.449. The molecule has 0 aromatic rings. The maximum atomic E-state index is 12.0. The minimum absolute atomic E-state index is 0.232. The lowest BCUT2D eigenvalue weighted by Crippen LogP contribution is -2.63. The van der Waals surface area contributed by atoms with Gasteiger partial charge >= 0.3 is 6.09 Å². The number of nitrogens with one attached hydrogen (secondary N) is 2. The van der Waals surface area contributed by atoms with E-state index in [2.05, 4.69) is 34.3 Å². The van der Waals surface area contributed by atoms with Crippen LogP contribution < -0.4 is 10.6 Å². The zero-order valence-electron chi connectivity index (χ0n) is 19.2. The van der Waals surface area contributed by atoms with E-state index in [4.69, 9.17) is 9.73 Å². The van der Waals surface area contributed by atoms with Crippen LogP contribution in [0.15, 0.2) is 4.99 Å². The number of amides is 1. The predicted molar refractivity (Wildman–Crippen MR) is 118 cm³/mol. The van der Waals surface area contributed by atoms with Crippen molar-refractivity contribution < 1.29 is 9.53 Å². The van der Waals surface area contributed by atoms with Crippen molar-refractivity contribution in [1.29, 1.82) is 0 Å². The van der Waals surface area contributed by atoms with Crippen molar-refractivity contribution in [3.05, 3.63) is 0 Å². The predicted octanol–water partition coefficient (Wildman–Crippen LogP) is 1.58. The lowest BCUT2D eigenvalue weighted by atomic mass is 10.1. The number of nitrogens with zero attached hydrogens (tertiary/aromatic N) is 4. The molecule has 0 saturated carbocycles. The molecule has 0 unspecified atom stereocenters. The Morgan fingerprint density at radius 1 is 1.07 bits per heavy atom. The van der Waals surface area contributed by atoms with Crippen molar-refractivity contribution in [2.24, 2.45) is 4.99 Å². The van der Waals surface area contributed by atoms with Crippen molar-refractivity contribution >= 4 is 12.1 Å². The van der Waals surface area contributed by atoms with E-state index in [1.165, 1.54) is 45.7 Å². The summed E-state index contributed by atoms with van der Waals surface area (Å²) in [4.78, 5) is 23.5. The third-order valence-electron chi connectivity index (χ3n) is 5.28. The van der Waals surface area contributed by atoms with Crippen LogP contribution >= 0.6 is 0 Å². The van der Waals surface area contributed by atoms with Gasteiger partial charge in [0.15, 0.2) is 5.96 Å². The third kappa shape index (κ3) is 8.78. The van der Waals surface area contributed by atoms with E-state index in [0.29, 0.717) is 13.1 Å². The van der Waals surface area contributed by atoms with Crippen molar-refractivity contribution in [3.8, 4) is 0 Å². The van der Waals surface area contributed by atoms with Crippen LogP contribution in [-0.4, -0.2) is 104 Å². The van der Waals surface area contributed by atoms with Crippen LogP contribution in [0.4, 0.5) is 4.79 Å². The molecule has 168 valence electrons. The van der Waals surface area contributed by atoms with Crippen molar-refractivity contribution in [1.82, 2.24) is 25.3 Å². The molecular weight excluding hydrogens is 368 g/mol. The number of guanidine groups is 1. The first kappa shape index (κ1) is 23.7. The molecule has 2 heterocycles. The summed E-state index contributed by atoms with van der Waals surface area (Å²) >= 11 is 0. The summed E-state index contributed by atoms with van der Waals surface area (Å²) in [5.74, 6) is 0.845. The Bertz CT molecular complexity index is 520. The van der Waals surface area contributed by atoms with E-state index in [9.17, 15) is 4.79 Å². The summed E-state index contributed by atoms with van der Waals surface area (Å²) in [6, 6.07) is 0.232. The maximum Gasteiger partial charge on any atom is 0.410 e. The van der Waals surface area contributed by atoms with E-state index >= 15 is 0 Å². The molecule has 2 saturated heterocycles. The summed E-state index contributed by atoms with van der Waals surface area (Å²) in [6.45, 7) is 20.1. The van der Waals surface area contributed by atoms with Crippen LogP contribution in [0, 0.1) is 0 Å². The van der Waals surface area contributed by atoms with Crippen LogP contribution in [-0.2, 0) is 4.74 Å². The van der Waals surface area contributed by atoms with E-state index in [-0.39, 0.29) is 12.1 Å². The molecule has 2 N–H and O–H groups in total. The van der Waals surface area contributed by atoms with Gasteiger partial charge in [0.25, 0.3) is 0 Å². The van der Waals surface area contributed by atoms with Gasteiger partial charge in [-0.2, -0.15) is 0 Å². The second kappa shape index (κ2) is 11.6. The minimum Gasteiger partial charge on any atom is -0.444 e. The van der Waals surface area contributed by atoms with E-state index in [0.717, 1.165) is 25.5 Å². The highest BCUT2D eigenvalue weighted by molar-refractivity contribution is 5.80. The first-order chi connectivity index (χ1) is 13.8. The second-order valence-electron chi connectivity index (χ2n) is 8.97. The van der Waals surface area contributed by atoms with Gasteiger partial charge in [-0.25, -0.2) is 4.79 Å². The molecule has 29 heavy (non-hydrogen) atoms. The second-order valence-corrected chi connectivity index (χ2v) is 8.97. The van der Waals surface area contributed by atoms with Gasteiger partial charge in [-0.1, -0.05) is 6.92 Å². The summed E-state index contributed by atoms with van der Waals surface area (Å²) in [6.07, 6.45) is 2.04. The highest BCUT2D eigenvalue weighted by atomic mass is 16.6. The fourth-order valence-electron chi connectivity index (χ4n) is 3.53. The molecule has 1 amide bonds. The monoisotopic (exact) mass is 410 g/mol. The molecule has 2 aliphatic rings. The van der Waals surface area contributed by atoms with E-state index in [1.807, 2.05) is 20.8 Å². The van der Waals surface area contributed by atoms with Crippen LogP contribution in [0.5, 0.6) is 0 Å². The van der Waals surface area contributed by atoms with Crippen molar-refractivity contribution in [2.45, 2.75) is 59.1 Å². The molecule has 2 fully saturated rings.